The summed E-state index contributed by atoms with van der Waals surface area (Å²) >= 11 is 7.06. The minimum atomic E-state index is 0.571. The number of nitrogens with one attached hydrogen (secondary N) is 1. The van der Waals surface area contributed by atoms with Crippen LogP contribution in [-0.2, 0) is 6.54 Å². The molecule has 0 saturated carbocycles. The molecule has 0 atom stereocenters. The Kier molecular flexibility index (Phi) is 6.19. The first-order chi connectivity index (χ1) is 12.3. The molecule has 25 heavy (non-hydrogen) atoms. The largest absolute Gasteiger partial charge is 0.387 e. The van der Waals surface area contributed by atoms with Crippen LogP contribution in [0.25, 0.3) is 10.8 Å². The quantitative estimate of drug-likeness (QED) is 0.259. The van der Waals surface area contributed by atoms with E-state index < -0.39 is 0 Å². The predicted molar refractivity (Wildman–Crippen MR) is 107 cm³/mol. The van der Waals surface area contributed by atoms with E-state index in [1.54, 1.807) is 0 Å². The number of rotatable bonds is 8. The van der Waals surface area contributed by atoms with Gasteiger partial charge >= 0.3 is 0 Å². The van der Waals surface area contributed by atoms with Crippen molar-refractivity contribution >= 4 is 49.8 Å². The normalized spacial score (nSPS) is 11.8. The zero-order valence-electron chi connectivity index (χ0n) is 13.8. The van der Waals surface area contributed by atoms with Gasteiger partial charge in [-0.05, 0) is 29.2 Å². The molecule has 3 rings (SSSR count). The highest BCUT2D eigenvalue weighted by Crippen LogP contribution is 2.25. The van der Waals surface area contributed by atoms with Crippen molar-refractivity contribution in [2.75, 3.05) is 11.2 Å². The van der Waals surface area contributed by atoms with Crippen LogP contribution in [0.15, 0.2) is 47.5 Å². The SMILES string of the molecule is N/C(CCCCCl)=N/c1nnc(NCc2cccc3ccccc23)s1. The summed E-state index contributed by atoms with van der Waals surface area (Å²) in [5.74, 6) is 1.22. The van der Waals surface area contributed by atoms with Gasteiger partial charge in [0, 0.05) is 18.8 Å². The molecule has 1 heterocycles. The number of halogens is 1. The van der Waals surface area contributed by atoms with Crippen LogP contribution in [0, 0.1) is 0 Å². The lowest BCUT2D eigenvalue weighted by Gasteiger charge is -2.06. The molecule has 0 spiro atoms. The molecule has 0 fully saturated rings. The fourth-order valence-electron chi connectivity index (χ4n) is 2.53. The zero-order chi connectivity index (χ0) is 17.5. The van der Waals surface area contributed by atoms with E-state index in [1.807, 2.05) is 6.07 Å². The zero-order valence-corrected chi connectivity index (χ0v) is 15.4. The summed E-state index contributed by atoms with van der Waals surface area (Å²) in [5, 5.41) is 15.3. The van der Waals surface area contributed by atoms with E-state index in [-0.39, 0.29) is 0 Å². The highest BCUT2D eigenvalue weighted by molar-refractivity contribution is 7.18. The highest BCUT2D eigenvalue weighted by atomic mass is 35.5. The van der Waals surface area contributed by atoms with Crippen molar-refractivity contribution in [3.63, 3.8) is 0 Å². The maximum Gasteiger partial charge on any atom is 0.234 e. The number of nitrogens with two attached hydrogens (primary N) is 1. The molecule has 2 aromatic carbocycles. The summed E-state index contributed by atoms with van der Waals surface area (Å²) in [7, 11) is 0. The molecular formula is C18H20ClN5S. The van der Waals surface area contributed by atoms with E-state index >= 15 is 0 Å². The van der Waals surface area contributed by atoms with Crippen LogP contribution in [0.1, 0.15) is 24.8 Å². The lowest BCUT2D eigenvalue weighted by molar-refractivity contribution is 0.836. The van der Waals surface area contributed by atoms with Crippen molar-refractivity contribution in [1.29, 1.82) is 0 Å². The molecule has 5 nitrogen and oxygen atoms in total. The third kappa shape index (κ3) is 4.90. The smallest absolute Gasteiger partial charge is 0.234 e. The molecule has 0 aliphatic carbocycles. The molecule has 0 saturated heterocycles. The lowest BCUT2D eigenvalue weighted by Crippen LogP contribution is -2.10. The van der Waals surface area contributed by atoms with Crippen molar-refractivity contribution in [1.82, 2.24) is 10.2 Å². The molecule has 130 valence electrons. The molecule has 0 radical (unpaired) electrons. The molecule has 1 aromatic heterocycles. The van der Waals surface area contributed by atoms with Crippen LogP contribution in [0.4, 0.5) is 10.3 Å². The Morgan fingerprint density at radius 1 is 1.12 bits per heavy atom. The number of benzene rings is 2. The number of anilines is 1. The monoisotopic (exact) mass is 373 g/mol. The Morgan fingerprint density at radius 3 is 2.84 bits per heavy atom. The van der Waals surface area contributed by atoms with E-state index in [0.29, 0.717) is 23.4 Å². The molecule has 0 aliphatic heterocycles. The molecule has 0 amide bonds. The second-order valence-electron chi connectivity index (χ2n) is 5.63. The van der Waals surface area contributed by atoms with Crippen molar-refractivity contribution < 1.29 is 0 Å². The summed E-state index contributed by atoms with van der Waals surface area (Å²) in [5.41, 5.74) is 7.13. The van der Waals surface area contributed by atoms with Gasteiger partial charge in [-0.15, -0.1) is 21.8 Å². The van der Waals surface area contributed by atoms with Gasteiger partial charge in [-0.1, -0.05) is 53.8 Å². The number of aromatic nitrogens is 2. The van der Waals surface area contributed by atoms with Crippen LogP contribution >= 0.6 is 22.9 Å². The number of nitrogens with zero attached hydrogens (tertiary/aromatic N) is 3. The summed E-state index contributed by atoms with van der Waals surface area (Å²) in [4.78, 5) is 4.31. The summed E-state index contributed by atoms with van der Waals surface area (Å²) in [6.07, 6.45) is 2.60. The lowest BCUT2D eigenvalue weighted by atomic mass is 10.0. The van der Waals surface area contributed by atoms with Gasteiger partial charge in [0.1, 0.15) is 5.84 Å². The van der Waals surface area contributed by atoms with Crippen molar-refractivity contribution in [3.05, 3.63) is 48.0 Å². The maximum atomic E-state index is 5.91. The van der Waals surface area contributed by atoms with Gasteiger partial charge in [0.05, 0.1) is 0 Å². The van der Waals surface area contributed by atoms with E-state index in [1.165, 1.54) is 27.7 Å². The molecule has 3 N–H and O–H groups in total. The standard InChI is InChI=1S/C18H20ClN5S/c19-11-4-3-10-16(20)22-18-24-23-17(25-18)21-12-14-8-5-7-13-6-1-2-9-15(13)14/h1-2,5-9H,3-4,10-12H2,(H,21,23)(H2,20,22,24). The Labute approximate surface area is 155 Å². The average Bonchev–Trinajstić information content (AvgIpc) is 3.07. The summed E-state index contributed by atoms with van der Waals surface area (Å²) < 4.78 is 0. The van der Waals surface area contributed by atoms with Gasteiger partial charge in [-0.25, -0.2) is 4.99 Å². The second-order valence-corrected chi connectivity index (χ2v) is 6.96. The van der Waals surface area contributed by atoms with Crippen molar-refractivity contribution in [2.45, 2.75) is 25.8 Å². The van der Waals surface area contributed by atoms with E-state index in [4.69, 9.17) is 17.3 Å². The fraction of sp³-hybridized carbons (Fsp3) is 0.278. The van der Waals surface area contributed by atoms with Gasteiger partial charge in [0.25, 0.3) is 0 Å². The number of hydrogen-bond acceptors (Lipinski definition) is 5. The minimum absolute atomic E-state index is 0.571. The molecular weight excluding hydrogens is 354 g/mol. The summed E-state index contributed by atoms with van der Waals surface area (Å²) in [6.45, 7) is 0.685. The maximum absolute atomic E-state index is 5.91. The molecule has 7 heteroatoms. The van der Waals surface area contributed by atoms with Gasteiger partial charge in [-0.2, -0.15) is 0 Å². The molecule has 3 aromatic rings. The first kappa shape index (κ1) is 17.6. The number of aliphatic imine (C=N–C) groups is 1. The van der Waals surface area contributed by atoms with Crippen LogP contribution in [-0.4, -0.2) is 21.9 Å². The van der Waals surface area contributed by atoms with Crippen LogP contribution in [0.2, 0.25) is 0 Å². The fourth-order valence-corrected chi connectivity index (χ4v) is 3.36. The molecule has 0 bridgehead atoms. The minimum Gasteiger partial charge on any atom is -0.387 e. The van der Waals surface area contributed by atoms with Crippen molar-refractivity contribution in [3.8, 4) is 0 Å². The first-order valence-electron chi connectivity index (χ1n) is 8.19. The Balaban J connectivity index is 1.62. The number of hydrogen-bond donors (Lipinski definition) is 2. The Morgan fingerprint density at radius 2 is 1.96 bits per heavy atom. The van der Waals surface area contributed by atoms with Crippen molar-refractivity contribution in [2.24, 2.45) is 10.7 Å². The second kappa shape index (κ2) is 8.78. The third-order valence-electron chi connectivity index (χ3n) is 3.78. The van der Waals surface area contributed by atoms with Gasteiger partial charge in [0.15, 0.2) is 0 Å². The Hall–Kier alpha value is -2.18. The number of amidine groups is 1. The average molecular weight is 374 g/mol. The molecule has 0 aliphatic rings. The molecule has 0 unspecified atom stereocenters. The third-order valence-corrected chi connectivity index (χ3v) is 4.82. The first-order valence-corrected chi connectivity index (χ1v) is 9.54. The number of unbranched alkanes of at least 4 members (excludes halogenated alkanes) is 1. The predicted octanol–water partition coefficient (Wildman–Crippen LogP) is 4.70. The number of alkyl halides is 1. The van der Waals surface area contributed by atoms with E-state index in [9.17, 15) is 0 Å². The number of fused-ring (bicyclic) bond motifs is 1. The highest BCUT2D eigenvalue weighted by Gasteiger charge is 2.05. The summed E-state index contributed by atoms with van der Waals surface area (Å²) in [6, 6.07) is 14.6. The van der Waals surface area contributed by atoms with Crippen LogP contribution in [0.5, 0.6) is 0 Å². The van der Waals surface area contributed by atoms with Crippen LogP contribution in [0.3, 0.4) is 0 Å². The van der Waals surface area contributed by atoms with Crippen LogP contribution < -0.4 is 11.1 Å². The topological polar surface area (TPSA) is 76.2 Å². The van der Waals surface area contributed by atoms with E-state index in [0.717, 1.165) is 24.4 Å². The van der Waals surface area contributed by atoms with Gasteiger partial charge in [-0.3, -0.25) is 0 Å². The Bertz CT molecular complexity index is 856. The van der Waals surface area contributed by atoms with E-state index in [2.05, 4.69) is 56.9 Å². The van der Waals surface area contributed by atoms with Gasteiger partial charge in [0.2, 0.25) is 10.3 Å². The van der Waals surface area contributed by atoms with Gasteiger partial charge < -0.3 is 11.1 Å².